The molecule has 0 radical (unpaired) electrons. The zero-order valence-electron chi connectivity index (χ0n) is 7.88. The minimum atomic E-state index is 0.248. The summed E-state index contributed by atoms with van der Waals surface area (Å²) in [4.78, 5) is 2.36. The van der Waals surface area contributed by atoms with E-state index in [1.54, 1.807) is 0 Å². The van der Waals surface area contributed by atoms with E-state index in [2.05, 4.69) is 24.7 Å². The van der Waals surface area contributed by atoms with Crippen LogP contribution in [0.2, 0.25) is 0 Å². The molecule has 0 aromatic rings. The van der Waals surface area contributed by atoms with Gasteiger partial charge in [-0.05, 0) is 37.8 Å². The molecule has 1 N–H and O–H groups in total. The number of rotatable bonds is 2. The Morgan fingerprint density at radius 3 is 2.25 bits per heavy atom. The Hall–Kier alpha value is -0.680. The molecular formula is C10H17NO. The number of hydrogen-bond donors (Lipinski definition) is 1. The van der Waals surface area contributed by atoms with Crippen molar-refractivity contribution in [3.05, 3.63) is 0 Å². The minimum Gasteiger partial charge on any atom is -0.462 e. The zero-order valence-corrected chi connectivity index (χ0v) is 7.88. The number of likely N-dealkylation sites (tertiary alicyclic amines) is 1. The normalized spacial score (nSPS) is 20.6. The Balaban J connectivity index is 2.55. The maximum atomic E-state index is 8.56. The Morgan fingerprint density at radius 1 is 1.25 bits per heavy atom. The summed E-state index contributed by atoms with van der Waals surface area (Å²) in [6.07, 6.45) is 4.58. The van der Waals surface area contributed by atoms with Crippen LogP contribution in [-0.2, 0) is 0 Å². The van der Waals surface area contributed by atoms with Crippen LogP contribution in [0.15, 0.2) is 0 Å². The predicted octanol–water partition coefficient (Wildman–Crippen LogP) is 1.44. The van der Waals surface area contributed by atoms with Crippen LogP contribution in [0.5, 0.6) is 0 Å². The lowest BCUT2D eigenvalue weighted by Crippen LogP contribution is -2.35. The fraction of sp³-hybridized carbons (Fsp3) is 0.800. The van der Waals surface area contributed by atoms with Gasteiger partial charge >= 0.3 is 0 Å². The third-order valence-corrected chi connectivity index (χ3v) is 2.38. The summed E-state index contributed by atoms with van der Waals surface area (Å²) in [7, 11) is 0. The number of nitrogens with zero attached hydrogens (tertiary/aromatic N) is 1. The van der Waals surface area contributed by atoms with E-state index in [0.717, 1.165) is 13.1 Å². The molecule has 1 fully saturated rings. The molecule has 0 amide bonds. The summed E-state index contributed by atoms with van der Waals surface area (Å²) >= 11 is 0. The first kappa shape index (κ1) is 9.41. The van der Waals surface area contributed by atoms with Crippen LogP contribution in [-0.4, -0.2) is 29.1 Å². The van der Waals surface area contributed by atoms with Crippen LogP contribution in [0.1, 0.15) is 26.7 Å². The highest BCUT2D eigenvalue weighted by Gasteiger charge is 2.22. The molecule has 0 aromatic carbocycles. The van der Waals surface area contributed by atoms with Gasteiger partial charge in [0.05, 0.1) is 6.04 Å². The van der Waals surface area contributed by atoms with E-state index in [0.29, 0.717) is 5.92 Å². The van der Waals surface area contributed by atoms with Gasteiger partial charge in [-0.25, -0.2) is 0 Å². The molecule has 1 saturated heterocycles. The maximum absolute atomic E-state index is 8.56. The summed E-state index contributed by atoms with van der Waals surface area (Å²) in [5.74, 6) is 3.36. The van der Waals surface area contributed by atoms with E-state index < -0.39 is 0 Å². The first-order valence-electron chi connectivity index (χ1n) is 4.64. The summed E-state index contributed by atoms with van der Waals surface area (Å²) in [6, 6.07) is 0.248. The molecule has 68 valence electrons. The van der Waals surface area contributed by atoms with Crippen molar-refractivity contribution in [2.75, 3.05) is 13.1 Å². The third kappa shape index (κ3) is 2.15. The molecule has 0 saturated carbocycles. The highest BCUT2D eigenvalue weighted by atomic mass is 16.2. The predicted molar refractivity (Wildman–Crippen MR) is 49.1 cm³/mol. The van der Waals surface area contributed by atoms with Gasteiger partial charge in [0.15, 0.2) is 0 Å². The van der Waals surface area contributed by atoms with Crippen molar-refractivity contribution < 1.29 is 5.11 Å². The largest absolute Gasteiger partial charge is 0.462 e. The van der Waals surface area contributed by atoms with Crippen LogP contribution >= 0.6 is 0 Å². The van der Waals surface area contributed by atoms with Crippen LogP contribution in [0.25, 0.3) is 0 Å². The quantitative estimate of drug-likeness (QED) is 0.629. The Kier molecular flexibility index (Phi) is 3.43. The molecular weight excluding hydrogens is 150 g/mol. The van der Waals surface area contributed by atoms with Crippen LogP contribution in [0.4, 0.5) is 0 Å². The van der Waals surface area contributed by atoms with E-state index in [9.17, 15) is 0 Å². The lowest BCUT2D eigenvalue weighted by molar-refractivity contribution is 0.240. The molecule has 1 rings (SSSR count). The fourth-order valence-corrected chi connectivity index (χ4v) is 1.77. The average Bonchev–Trinajstić information content (AvgIpc) is 2.51. The van der Waals surface area contributed by atoms with Gasteiger partial charge in [-0.15, -0.1) is 0 Å². The van der Waals surface area contributed by atoms with Crippen molar-refractivity contribution in [1.82, 2.24) is 4.90 Å². The van der Waals surface area contributed by atoms with E-state index in [-0.39, 0.29) is 6.04 Å². The molecule has 0 aliphatic carbocycles. The van der Waals surface area contributed by atoms with Gasteiger partial charge in [0.25, 0.3) is 0 Å². The summed E-state index contributed by atoms with van der Waals surface area (Å²) < 4.78 is 0. The second kappa shape index (κ2) is 4.37. The summed E-state index contributed by atoms with van der Waals surface area (Å²) in [6.45, 7) is 6.57. The molecule has 0 aromatic heterocycles. The Morgan fingerprint density at radius 2 is 1.83 bits per heavy atom. The van der Waals surface area contributed by atoms with Gasteiger partial charge in [-0.1, -0.05) is 13.8 Å². The van der Waals surface area contributed by atoms with Crippen molar-refractivity contribution in [3.8, 4) is 12.0 Å². The van der Waals surface area contributed by atoms with Crippen molar-refractivity contribution in [2.45, 2.75) is 32.7 Å². The molecule has 1 aliphatic heterocycles. The standard InChI is InChI=1S/C10H17NO/c1-9(2)10(5-8-12)11-6-3-4-7-11/h9-10,12H,3-4,6-7H2,1-2H3. The van der Waals surface area contributed by atoms with Crippen molar-refractivity contribution >= 4 is 0 Å². The molecule has 0 spiro atoms. The molecule has 1 aliphatic rings. The van der Waals surface area contributed by atoms with E-state index in [1.165, 1.54) is 12.8 Å². The van der Waals surface area contributed by atoms with Crippen molar-refractivity contribution in [3.63, 3.8) is 0 Å². The monoisotopic (exact) mass is 167 g/mol. The van der Waals surface area contributed by atoms with Gasteiger partial charge < -0.3 is 5.11 Å². The third-order valence-electron chi connectivity index (χ3n) is 2.38. The highest BCUT2D eigenvalue weighted by molar-refractivity contribution is 5.05. The lowest BCUT2D eigenvalue weighted by Gasteiger charge is -2.25. The van der Waals surface area contributed by atoms with E-state index in [1.807, 2.05) is 6.11 Å². The second-order valence-corrected chi connectivity index (χ2v) is 3.69. The van der Waals surface area contributed by atoms with E-state index in [4.69, 9.17) is 5.11 Å². The molecule has 12 heavy (non-hydrogen) atoms. The van der Waals surface area contributed by atoms with Crippen molar-refractivity contribution in [2.24, 2.45) is 5.92 Å². The molecule has 1 heterocycles. The lowest BCUT2D eigenvalue weighted by atomic mass is 10.0. The van der Waals surface area contributed by atoms with Gasteiger partial charge in [0.1, 0.15) is 6.11 Å². The maximum Gasteiger partial charge on any atom is 0.109 e. The first-order chi connectivity index (χ1) is 5.75. The SMILES string of the molecule is CC(C)C(C#CO)N1CCCC1. The first-order valence-corrected chi connectivity index (χ1v) is 4.64. The fourth-order valence-electron chi connectivity index (χ4n) is 1.77. The number of hydrogen-bond acceptors (Lipinski definition) is 2. The van der Waals surface area contributed by atoms with E-state index >= 15 is 0 Å². The molecule has 2 heteroatoms. The van der Waals surface area contributed by atoms with Crippen LogP contribution < -0.4 is 0 Å². The second-order valence-electron chi connectivity index (χ2n) is 3.69. The molecule has 1 unspecified atom stereocenters. The minimum absolute atomic E-state index is 0.248. The molecule has 1 atom stereocenters. The Bertz CT molecular complexity index is 184. The van der Waals surface area contributed by atoms with Crippen molar-refractivity contribution in [1.29, 1.82) is 0 Å². The van der Waals surface area contributed by atoms with Gasteiger partial charge in [0.2, 0.25) is 0 Å². The summed E-state index contributed by atoms with van der Waals surface area (Å²) in [5, 5.41) is 8.56. The van der Waals surface area contributed by atoms with Gasteiger partial charge in [-0.3, -0.25) is 4.90 Å². The van der Waals surface area contributed by atoms with Gasteiger partial charge in [0, 0.05) is 0 Å². The van der Waals surface area contributed by atoms with Crippen LogP contribution in [0.3, 0.4) is 0 Å². The number of aliphatic hydroxyl groups excluding tert-OH is 1. The topological polar surface area (TPSA) is 23.5 Å². The van der Waals surface area contributed by atoms with Gasteiger partial charge in [-0.2, -0.15) is 0 Å². The average molecular weight is 167 g/mol. The van der Waals surface area contributed by atoms with Crippen LogP contribution in [0, 0.1) is 17.9 Å². The molecule has 2 nitrogen and oxygen atoms in total. The highest BCUT2D eigenvalue weighted by Crippen LogP contribution is 2.16. The number of aliphatic hydroxyl groups is 1. The Labute approximate surface area is 74.6 Å². The summed E-state index contributed by atoms with van der Waals surface area (Å²) in [5.41, 5.74) is 0. The zero-order chi connectivity index (χ0) is 8.97. The smallest absolute Gasteiger partial charge is 0.109 e. The molecule has 0 bridgehead atoms.